The molecule has 111 valence electrons. The van der Waals surface area contributed by atoms with Crippen LogP contribution in [-0.2, 0) is 16.4 Å². The highest BCUT2D eigenvalue weighted by molar-refractivity contribution is 7.90. The van der Waals surface area contributed by atoms with Crippen LogP contribution < -0.4 is 0 Å². The predicted molar refractivity (Wildman–Crippen MR) is 88.0 cm³/mol. The Morgan fingerprint density at radius 2 is 1.45 bits per heavy atom. The highest BCUT2D eigenvalue weighted by Gasteiger charge is 2.22. The van der Waals surface area contributed by atoms with Gasteiger partial charge >= 0.3 is 0 Å². The second kappa shape index (κ2) is 5.81. The third-order valence-electron chi connectivity index (χ3n) is 3.55. The Kier molecular flexibility index (Phi) is 3.86. The molecule has 3 aromatic rings. The summed E-state index contributed by atoms with van der Waals surface area (Å²) in [4.78, 5) is 0.276. The molecule has 0 bridgehead atoms. The summed E-state index contributed by atoms with van der Waals surface area (Å²) in [5.74, 6) is 0. The lowest BCUT2D eigenvalue weighted by molar-refractivity contribution is 0.588. The van der Waals surface area contributed by atoms with E-state index in [1.807, 2.05) is 36.4 Å². The van der Waals surface area contributed by atoms with E-state index in [4.69, 9.17) is 0 Å². The molecule has 0 spiro atoms. The van der Waals surface area contributed by atoms with Gasteiger partial charge in [-0.05, 0) is 42.7 Å². The van der Waals surface area contributed by atoms with Gasteiger partial charge in [0.1, 0.15) is 0 Å². The summed E-state index contributed by atoms with van der Waals surface area (Å²) in [6, 6.07) is 19.8. The molecule has 0 unspecified atom stereocenters. The van der Waals surface area contributed by atoms with E-state index in [9.17, 15) is 8.42 Å². The summed E-state index contributed by atoms with van der Waals surface area (Å²) in [7, 11) is -3.62. The Morgan fingerprint density at radius 1 is 0.864 bits per heavy atom. The summed E-state index contributed by atoms with van der Waals surface area (Å²) in [5.41, 5.74) is 2.45. The van der Waals surface area contributed by atoms with Crippen LogP contribution in [0.25, 0.3) is 11.3 Å². The van der Waals surface area contributed by atoms with Gasteiger partial charge in [-0.25, -0.2) is 12.4 Å². The van der Waals surface area contributed by atoms with E-state index >= 15 is 0 Å². The van der Waals surface area contributed by atoms with Crippen LogP contribution in [0.1, 0.15) is 5.56 Å². The quantitative estimate of drug-likeness (QED) is 0.736. The highest BCUT2D eigenvalue weighted by atomic mass is 32.2. The molecular formula is C18H16NO2S. The molecule has 0 fully saturated rings. The summed E-state index contributed by atoms with van der Waals surface area (Å²) in [6.07, 6.45) is 2.13. The SMILES string of the molecule is [CH2]Cc1ccn(S(=O)(=O)c2ccccc2)c1-c1ccccc1. The third kappa shape index (κ3) is 2.46. The van der Waals surface area contributed by atoms with Gasteiger partial charge in [0.05, 0.1) is 10.6 Å². The Morgan fingerprint density at radius 3 is 2.05 bits per heavy atom. The molecule has 0 saturated carbocycles. The molecule has 1 radical (unpaired) electrons. The van der Waals surface area contributed by atoms with Crippen LogP contribution in [0.3, 0.4) is 0 Å². The average molecular weight is 310 g/mol. The molecule has 3 nitrogen and oxygen atoms in total. The smallest absolute Gasteiger partial charge is 0.241 e. The first-order valence-corrected chi connectivity index (χ1v) is 8.44. The predicted octanol–water partition coefficient (Wildman–Crippen LogP) is 3.77. The standard InChI is InChI=1S/C18H16NO2S/c1-2-15-13-14-19(18(15)16-9-5-3-6-10-16)22(20,21)17-11-7-4-8-12-17/h3-14H,1-2H2. The maximum atomic E-state index is 12.9. The number of benzene rings is 2. The van der Waals surface area contributed by atoms with Crippen LogP contribution in [0.15, 0.2) is 77.8 Å². The number of rotatable bonds is 4. The summed E-state index contributed by atoms with van der Waals surface area (Å²) < 4.78 is 27.1. The lowest BCUT2D eigenvalue weighted by atomic mass is 10.1. The molecule has 0 aliphatic carbocycles. The van der Waals surface area contributed by atoms with Crippen LogP contribution in [0, 0.1) is 6.92 Å². The molecule has 3 rings (SSSR count). The van der Waals surface area contributed by atoms with E-state index in [0.717, 1.165) is 11.1 Å². The van der Waals surface area contributed by atoms with Gasteiger partial charge in [0.2, 0.25) is 0 Å². The number of hydrogen-bond acceptors (Lipinski definition) is 2. The fourth-order valence-electron chi connectivity index (χ4n) is 2.47. The van der Waals surface area contributed by atoms with E-state index in [-0.39, 0.29) is 4.90 Å². The van der Waals surface area contributed by atoms with Crippen molar-refractivity contribution >= 4 is 10.0 Å². The Bertz CT molecular complexity index is 866. The molecule has 0 aliphatic heterocycles. The van der Waals surface area contributed by atoms with Crippen LogP contribution in [0.2, 0.25) is 0 Å². The van der Waals surface area contributed by atoms with Gasteiger partial charge in [-0.2, -0.15) is 0 Å². The van der Waals surface area contributed by atoms with Crippen molar-refractivity contribution in [1.82, 2.24) is 3.97 Å². The van der Waals surface area contributed by atoms with E-state index in [2.05, 4.69) is 6.92 Å². The second-order valence-corrected chi connectivity index (χ2v) is 6.73. The van der Waals surface area contributed by atoms with Gasteiger partial charge in [-0.15, -0.1) is 0 Å². The van der Waals surface area contributed by atoms with E-state index < -0.39 is 10.0 Å². The number of hydrogen-bond donors (Lipinski definition) is 0. The summed E-state index contributed by atoms with van der Waals surface area (Å²) >= 11 is 0. The monoisotopic (exact) mass is 310 g/mol. The minimum atomic E-state index is -3.62. The number of aromatic nitrogens is 1. The minimum Gasteiger partial charge on any atom is -0.241 e. The first kappa shape index (κ1) is 14.6. The molecule has 22 heavy (non-hydrogen) atoms. The van der Waals surface area contributed by atoms with Gasteiger partial charge in [0.25, 0.3) is 10.0 Å². The maximum absolute atomic E-state index is 12.9. The van der Waals surface area contributed by atoms with Crippen molar-refractivity contribution in [2.75, 3.05) is 0 Å². The summed E-state index contributed by atoms with van der Waals surface area (Å²) in [6.45, 7) is 3.90. The van der Waals surface area contributed by atoms with Crippen molar-refractivity contribution in [2.24, 2.45) is 0 Å². The molecule has 0 aliphatic rings. The molecule has 4 heteroatoms. The van der Waals surface area contributed by atoms with Crippen molar-refractivity contribution in [1.29, 1.82) is 0 Å². The first-order chi connectivity index (χ1) is 10.6. The van der Waals surface area contributed by atoms with Crippen LogP contribution in [0.4, 0.5) is 0 Å². The van der Waals surface area contributed by atoms with Gasteiger partial charge in [-0.1, -0.05) is 48.5 Å². The van der Waals surface area contributed by atoms with Crippen molar-refractivity contribution in [3.8, 4) is 11.3 Å². The van der Waals surface area contributed by atoms with Gasteiger partial charge < -0.3 is 0 Å². The maximum Gasteiger partial charge on any atom is 0.268 e. The molecule has 0 saturated heterocycles. The van der Waals surface area contributed by atoms with E-state index in [1.54, 1.807) is 36.5 Å². The lowest BCUT2D eigenvalue weighted by Gasteiger charge is -2.12. The van der Waals surface area contributed by atoms with Gasteiger partial charge in [-0.3, -0.25) is 0 Å². The molecule has 1 aromatic heterocycles. The highest BCUT2D eigenvalue weighted by Crippen LogP contribution is 2.29. The van der Waals surface area contributed by atoms with Crippen molar-refractivity contribution in [2.45, 2.75) is 11.3 Å². The normalized spacial score (nSPS) is 11.5. The molecule has 0 N–H and O–H groups in total. The lowest BCUT2D eigenvalue weighted by Crippen LogP contribution is -2.13. The number of nitrogens with zero attached hydrogens (tertiary/aromatic N) is 1. The fourth-order valence-corrected chi connectivity index (χ4v) is 3.88. The van der Waals surface area contributed by atoms with Gasteiger partial charge in [0.15, 0.2) is 0 Å². The summed E-state index contributed by atoms with van der Waals surface area (Å²) in [5, 5.41) is 0. The Balaban J connectivity index is 2.23. The molecule has 1 heterocycles. The van der Waals surface area contributed by atoms with Crippen molar-refractivity contribution in [3.05, 3.63) is 85.4 Å². The second-order valence-electron chi connectivity index (χ2n) is 4.92. The largest absolute Gasteiger partial charge is 0.268 e. The molecular weight excluding hydrogens is 294 g/mol. The zero-order valence-corrected chi connectivity index (χ0v) is 12.8. The fraction of sp³-hybridized carbons (Fsp3) is 0.0556. The van der Waals surface area contributed by atoms with Gasteiger partial charge in [0, 0.05) is 6.20 Å². The first-order valence-electron chi connectivity index (χ1n) is 7.00. The third-order valence-corrected chi connectivity index (χ3v) is 5.24. The Labute approximate surface area is 130 Å². The Hall–Kier alpha value is -2.33. The zero-order valence-electron chi connectivity index (χ0n) is 12.0. The minimum absolute atomic E-state index is 0.276. The van der Waals surface area contributed by atoms with Crippen LogP contribution in [0.5, 0.6) is 0 Å². The topological polar surface area (TPSA) is 39.1 Å². The average Bonchev–Trinajstić information content (AvgIpc) is 3.01. The molecule has 0 atom stereocenters. The van der Waals surface area contributed by atoms with E-state index in [1.165, 1.54) is 3.97 Å². The van der Waals surface area contributed by atoms with Crippen molar-refractivity contribution in [3.63, 3.8) is 0 Å². The molecule has 2 aromatic carbocycles. The van der Waals surface area contributed by atoms with Crippen molar-refractivity contribution < 1.29 is 8.42 Å². The molecule has 0 amide bonds. The van der Waals surface area contributed by atoms with Crippen LogP contribution in [-0.4, -0.2) is 12.4 Å². The van der Waals surface area contributed by atoms with Crippen LogP contribution >= 0.6 is 0 Å². The zero-order chi connectivity index (χ0) is 15.6. The van der Waals surface area contributed by atoms with E-state index in [0.29, 0.717) is 12.1 Å².